The molecule has 0 aliphatic rings. The van der Waals surface area contributed by atoms with Crippen molar-refractivity contribution in [2.45, 2.75) is 24.9 Å². The Morgan fingerprint density at radius 2 is 1.65 bits per heavy atom. The van der Waals surface area contributed by atoms with E-state index in [1.54, 1.807) is 42.5 Å². The quantitative estimate of drug-likeness (QED) is 0.545. The van der Waals surface area contributed by atoms with Crippen LogP contribution in [0.4, 0.5) is 4.39 Å². The van der Waals surface area contributed by atoms with E-state index in [0.717, 1.165) is 15.4 Å². The van der Waals surface area contributed by atoms with Gasteiger partial charge in [-0.05, 0) is 42.8 Å². The Hall–Kier alpha value is -2.74. The zero-order valence-corrected chi connectivity index (χ0v) is 18.5. The number of rotatable bonds is 8. The van der Waals surface area contributed by atoms with Crippen LogP contribution in [0.3, 0.4) is 0 Å². The summed E-state index contributed by atoms with van der Waals surface area (Å²) in [5.74, 6) is -1.03. The fraction of sp³-hybridized carbons (Fsp3) is 0.174. The summed E-state index contributed by atoms with van der Waals surface area (Å²) in [6, 6.07) is 19.1. The van der Waals surface area contributed by atoms with Gasteiger partial charge in [0.05, 0.1) is 11.4 Å². The van der Waals surface area contributed by atoms with Crippen LogP contribution >= 0.6 is 11.6 Å². The third kappa shape index (κ3) is 6.13. The maximum atomic E-state index is 14.2. The third-order valence-corrected chi connectivity index (χ3v) is 6.74. The summed E-state index contributed by atoms with van der Waals surface area (Å²) >= 11 is 5.86. The predicted octanol–water partition coefficient (Wildman–Crippen LogP) is 4.29. The van der Waals surface area contributed by atoms with E-state index in [9.17, 15) is 17.6 Å². The minimum atomic E-state index is -4.03. The van der Waals surface area contributed by atoms with E-state index >= 15 is 0 Å². The molecule has 8 heteroatoms. The molecule has 0 aliphatic carbocycles. The van der Waals surface area contributed by atoms with E-state index in [4.69, 9.17) is 11.6 Å². The lowest BCUT2D eigenvalue weighted by molar-refractivity contribution is -0.121. The van der Waals surface area contributed by atoms with Crippen LogP contribution in [0.15, 0.2) is 77.7 Å². The van der Waals surface area contributed by atoms with Crippen LogP contribution in [0.2, 0.25) is 5.02 Å². The lowest BCUT2D eigenvalue weighted by atomic mass is 10.2. The van der Waals surface area contributed by atoms with Gasteiger partial charge in [0.1, 0.15) is 5.82 Å². The van der Waals surface area contributed by atoms with Crippen LogP contribution in [0, 0.1) is 12.7 Å². The number of aryl methyl sites for hydroxylation is 1. The first-order valence-corrected chi connectivity index (χ1v) is 11.4. The third-order valence-electron chi connectivity index (χ3n) is 4.69. The van der Waals surface area contributed by atoms with Crippen molar-refractivity contribution in [2.24, 2.45) is 0 Å². The van der Waals surface area contributed by atoms with E-state index in [0.29, 0.717) is 5.02 Å². The first-order valence-electron chi connectivity index (χ1n) is 9.57. The van der Waals surface area contributed by atoms with Crippen LogP contribution in [-0.2, 0) is 27.9 Å². The standard InChI is InChI=1S/C23H22ClFN2O3S/c1-17-6-12-21(13-7-17)31(29,30)27(15-19-4-2-3-5-22(19)25)16-23(28)26-14-18-8-10-20(24)11-9-18/h2-13H,14-16H2,1H3,(H,26,28). The number of benzene rings is 3. The molecule has 1 amide bonds. The van der Waals surface area contributed by atoms with Gasteiger partial charge < -0.3 is 5.32 Å². The number of carbonyl (C=O) groups excluding carboxylic acids is 1. The Labute approximate surface area is 186 Å². The van der Waals surface area contributed by atoms with Crippen molar-refractivity contribution in [3.05, 3.63) is 100 Å². The van der Waals surface area contributed by atoms with Crippen LogP contribution < -0.4 is 5.32 Å². The Bertz CT molecular complexity index is 1150. The smallest absolute Gasteiger partial charge is 0.243 e. The lowest BCUT2D eigenvalue weighted by Gasteiger charge is -2.22. The second kappa shape index (κ2) is 10.0. The van der Waals surface area contributed by atoms with Crippen molar-refractivity contribution in [1.29, 1.82) is 0 Å². The molecule has 3 rings (SSSR count). The summed E-state index contributed by atoms with van der Waals surface area (Å²) < 4.78 is 41.6. The van der Waals surface area contributed by atoms with Gasteiger partial charge in [0, 0.05) is 23.7 Å². The molecule has 5 nitrogen and oxygen atoms in total. The van der Waals surface area contributed by atoms with Gasteiger partial charge >= 0.3 is 0 Å². The van der Waals surface area contributed by atoms with E-state index in [1.165, 1.54) is 30.3 Å². The molecule has 162 valence electrons. The van der Waals surface area contributed by atoms with Crippen molar-refractivity contribution >= 4 is 27.5 Å². The maximum Gasteiger partial charge on any atom is 0.243 e. The number of hydrogen-bond donors (Lipinski definition) is 1. The second-order valence-electron chi connectivity index (χ2n) is 7.08. The van der Waals surface area contributed by atoms with Gasteiger partial charge in [-0.25, -0.2) is 12.8 Å². The molecule has 0 aliphatic heterocycles. The van der Waals surface area contributed by atoms with Crippen molar-refractivity contribution in [1.82, 2.24) is 9.62 Å². The molecular weight excluding hydrogens is 439 g/mol. The maximum absolute atomic E-state index is 14.2. The number of carbonyl (C=O) groups is 1. The summed E-state index contributed by atoms with van der Waals surface area (Å²) in [5, 5.41) is 3.28. The summed E-state index contributed by atoms with van der Waals surface area (Å²) in [6.07, 6.45) is 0. The van der Waals surface area contributed by atoms with E-state index in [2.05, 4.69) is 5.32 Å². The predicted molar refractivity (Wildman–Crippen MR) is 118 cm³/mol. The molecule has 0 saturated heterocycles. The highest BCUT2D eigenvalue weighted by atomic mass is 35.5. The molecule has 0 atom stereocenters. The first kappa shape index (κ1) is 22.9. The molecule has 3 aromatic carbocycles. The highest BCUT2D eigenvalue weighted by molar-refractivity contribution is 7.89. The normalized spacial score (nSPS) is 11.5. The Morgan fingerprint density at radius 3 is 2.29 bits per heavy atom. The van der Waals surface area contributed by atoms with Crippen LogP contribution in [0.5, 0.6) is 0 Å². The van der Waals surface area contributed by atoms with Gasteiger partial charge in [-0.3, -0.25) is 4.79 Å². The zero-order valence-electron chi connectivity index (χ0n) is 16.9. The molecule has 3 aromatic rings. The molecule has 31 heavy (non-hydrogen) atoms. The van der Waals surface area contributed by atoms with Crippen molar-refractivity contribution in [3.8, 4) is 0 Å². The molecule has 0 aromatic heterocycles. The van der Waals surface area contributed by atoms with E-state index < -0.39 is 28.3 Å². The molecule has 0 saturated carbocycles. The average molecular weight is 461 g/mol. The van der Waals surface area contributed by atoms with Gasteiger partial charge in [0.2, 0.25) is 15.9 Å². The monoisotopic (exact) mass is 460 g/mol. The summed E-state index contributed by atoms with van der Waals surface area (Å²) in [4.78, 5) is 12.6. The van der Waals surface area contributed by atoms with Crippen molar-refractivity contribution in [2.75, 3.05) is 6.54 Å². The number of hydrogen-bond acceptors (Lipinski definition) is 3. The minimum absolute atomic E-state index is 0.0416. The Morgan fingerprint density at radius 1 is 1.00 bits per heavy atom. The van der Waals surface area contributed by atoms with Gasteiger partial charge in [-0.2, -0.15) is 4.31 Å². The fourth-order valence-electron chi connectivity index (χ4n) is 2.92. The number of halogens is 2. The van der Waals surface area contributed by atoms with E-state index in [1.807, 2.05) is 6.92 Å². The number of sulfonamides is 1. The summed E-state index contributed by atoms with van der Waals surface area (Å²) in [7, 11) is -4.03. The number of nitrogens with zero attached hydrogens (tertiary/aromatic N) is 1. The first-order chi connectivity index (χ1) is 14.8. The number of nitrogens with one attached hydrogen (secondary N) is 1. The van der Waals surface area contributed by atoms with Crippen molar-refractivity contribution in [3.63, 3.8) is 0 Å². The molecule has 0 bridgehead atoms. The molecule has 0 fully saturated rings. The summed E-state index contributed by atoms with van der Waals surface area (Å²) in [6.45, 7) is 1.35. The molecule has 0 radical (unpaired) electrons. The number of amides is 1. The minimum Gasteiger partial charge on any atom is -0.351 e. The summed E-state index contributed by atoms with van der Waals surface area (Å²) in [5.41, 5.74) is 1.91. The van der Waals surface area contributed by atoms with E-state index in [-0.39, 0.29) is 23.5 Å². The Balaban J connectivity index is 1.81. The van der Waals surface area contributed by atoms with Crippen molar-refractivity contribution < 1.29 is 17.6 Å². The lowest BCUT2D eigenvalue weighted by Crippen LogP contribution is -2.40. The SMILES string of the molecule is Cc1ccc(S(=O)(=O)N(CC(=O)NCc2ccc(Cl)cc2)Cc2ccccc2F)cc1. The molecule has 1 N–H and O–H groups in total. The Kier molecular flexibility index (Phi) is 7.43. The highest BCUT2D eigenvalue weighted by Gasteiger charge is 2.27. The molecule has 0 unspecified atom stereocenters. The molecule has 0 heterocycles. The fourth-order valence-corrected chi connectivity index (χ4v) is 4.42. The topological polar surface area (TPSA) is 66.5 Å². The second-order valence-corrected chi connectivity index (χ2v) is 9.46. The van der Waals surface area contributed by atoms with Crippen LogP contribution in [-0.4, -0.2) is 25.2 Å². The van der Waals surface area contributed by atoms with Gasteiger partial charge in [0.15, 0.2) is 0 Å². The van der Waals surface area contributed by atoms with Gasteiger partial charge in [-0.15, -0.1) is 0 Å². The van der Waals surface area contributed by atoms with Gasteiger partial charge in [-0.1, -0.05) is 59.6 Å². The highest BCUT2D eigenvalue weighted by Crippen LogP contribution is 2.20. The molecule has 0 spiro atoms. The average Bonchev–Trinajstić information content (AvgIpc) is 2.74. The zero-order chi connectivity index (χ0) is 22.4. The van der Waals surface area contributed by atoms with Gasteiger partial charge in [0.25, 0.3) is 0 Å². The van der Waals surface area contributed by atoms with Crippen LogP contribution in [0.25, 0.3) is 0 Å². The largest absolute Gasteiger partial charge is 0.351 e. The molecular formula is C23H22ClFN2O3S. The van der Waals surface area contributed by atoms with Crippen LogP contribution in [0.1, 0.15) is 16.7 Å².